The lowest BCUT2D eigenvalue weighted by Gasteiger charge is -2.27. The lowest BCUT2D eigenvalue weighted by Crippen LogP contribution is -2.12. The van der Waals surface area contributed by atoms with Gasteiger partial charge in [-0.1, -0.05) is 146 Å². The molecule has 0 saturated heterocycles. The van der Waals surface area contributed by atoms with Crippen LogP contribution < -0.4 is 9.80 Å². The van der Waals surface area contributed by atoms with Crippen molar-refractivity contribution in [1.82, 2.24) is 9.97 Å². The fraction of sp³-hybridized carbons (Fsp3) is 0. The fourth-order valence-electron chi connectivity index (χ4n) is 9.89. The summed E-state index contributed by atoms with van der Waals surface area (Å²) in [6, 6.07) is 76.4. The van der Waals surface area contributed by atoms with E-state index in [2.05, 4.69) is 180 Å². The zero-order valence-electron chi connectivity index (χ0n) is 35.5. The van der Waals surface area contributed by atoms with Crippen LogP contribution in [-0.2, 0) is 0 Å². The molecule has 0 aliphatic heterocycles. The van der Waals surface area contributed by atoms with E-state index in [9.17, 15) is 0 Å². The van der Waals surface area contributed by atoms with E-state index in [-0.39, 0.29) is 0 Å². The lowest BCUT2D eigenvalue weighted by molar-refractivity contribution is 0.668. The molecular formula is C60H38N4O2. The number of anilines is 6. The van der Waals surface area contributed by atoms with Gasteiger partial charge in [-0.25, -0.2) is 9.97 Å². The molecule has 0 N–H and O–H groups in total. The van der Waals surface area contributed by atoms with E-state index < -0.39 is 0 Å². The number of pyridine rings is 2. The minimum Gasteiger partial charge on any atom is -0.454 e. The molecule has 0 amide bonds. The molecule has 0 bridgehead atoms. The van der Waals surface area contributed by atoms with Gasteiger partial charge in [0.25, 0.3) is 0 Å². The van der Waals surface area contributed by atoms with Crippen LogP contribution in [0.3, 0.4) is 0 Å². The lowest BCUT2D eigenvalue weighted by atomic mass is 9.85. The summed E-state index contributed by atoms with van der Waals surface area (Å²) in [7, 11) is 0. The zero-order chi connectivity index (χ0) is 43.6. The van der Waals surface area contributed by atoms with Crippen molar-refractivity contribution in [3.63, 3.8) is 0 Å². The molecule has 0 aliphatic carbocycles. The van der Waals surface area contributed by atoms with Gasteiger partial charge in [-0.15, -0.1) is 0 Å². The number of hydrogen-bond donors (Lipinski definition) is 0. The summed E-state index contributed by atoms with van der Waals surface area (Å²) in [5.41, 5.74) is 11.6. The third kappa shape index (κ3) is 6.04. The molecule has 66 heavy (non-hydrogen) atoms. The Balaban J connectivity index is 1.10. The zero-order valence-corrected chi connectivity index (χ0v) is 35.5. The Kier molecular flexibility index (Phi) is 8.74. The number of aromatic nitrogens is 2. The average Bonchev–Trinajstić information content (AvgIpc) is 3.97. The molecule has 0 saturated carbocycles. The molecule has 9 aromatic carbocycles. The van der Waals surface area contributed by atoms with Crippen molar-refractivity contribution in [1.29, 1.82) is 0 Å². The number of fused-ring (bicyclic) bond motifs is 8. The molecule has 0 aliphatic rings. The van der Waals surface area contributed by atoms with Crippen LogP contribution >= 0.6 is 0 Å². The second-order valence-electron chi connectivity index (χ2n) is 16.5. The normalized spacial score (nSPS) is 11.6. The van der Waals surface area contributed by atoms with E-state index in [0.717, 1.165) is 122 Å². The molecule has 0 spiro atoms. The Bertz CT molecular complexity index is 3680. The maximum Gasteiger partial charge on any atom is 0.159 e. The SMILES string of the molecule is c1ccc(-c2c3ccc(N(c4ccccn4)c4cccc5c4oc4ccccc45)cc3c(-c3ccccc3)c3ccc(N(c4ccccn4)c4cccc5c4oc4ccccc45)cc23)cc1. The number of hydrogen-bond acceptors (Lipinski definition) is 6. The smallest absolute Gasteiger partial charge is 0.159 e. The number of para-hydroxylation sites is 4. The van der Waals surface area contributed by atoms with Gasteiger partial charge in [0.15, 0.2) is 11.2 Å². The van der Waals surface area contributed by atoms with E-state index in [1.54, 1.807) is 0 Å². The largest absolute Gasteiger partial charge is 0.454 e. The number of rotatable bonds is 8. The standard InChI is InChI=1S/C60H38N4O2/c1-3-17-39(18-4-1)57-45-33-31-42(64(56-30-12-14-36-62-56)52-26-16-24-48-44-22-8-10-28-54(44)66-60(48)52)38-50(45)58(40-19-5-2-6-20-40)46-34-32-41(37-49(46)57)63(55-29-11-13-35-61-55)51-25-15-23-47-43-21-7-9-27-53(43)65-59(47)51/h1-38H. The van der Waals surface area contributed by atoms with Crippen LogP contribution in [0.25, 0.3) is 87.7 Å². The third-order valence-electron chi connectivity index (χ3n) is 12.7. The highest BCUT2D eigenvalue weighted by Gasteiger charge is 2.25. The number of nitrogens with zero attached hydrogens (tertiary/aromatic N) is 4. The minimum absolute atomic E-state index is 0.786. The first-order valence-electron chi connectivity index (χ1n) is 22.1. The van der Waals surface area contributed by atoms with Gasteiger partial charge in [0.2, 0.25) is 0 Å². The minimum atomic E-state index is 0.786. The van der Waals surface area contributed by atoms with Gasteiger partial charge >= 0.3 is 0 Å². The molecule has 6 nitrogen and oxygen atoms in total. The fourth-order valence-corrected chi connectivity index (χ4v) is 9.89. The summed E-state index contributed by atoms with van der Waals surface area (Å²) >= 11 is 0. The van der Waals surface area contributed by atoms with Crippen LogP contribution in [0.15, 0.2) is 240 Å². The van der Waals surface area contributed by atoms with Crippen LogP contribution in [0.1, 0.15) is 0 Å². The molecule has 0 unspecified atom stereocenters. The molecule has 6 heteroatoms. The Morgan fingerprint density at radius 1 is 0.303 bits per heavy atom. The molecule has 4 heterocycles. The van der Waals surface area contributed by atoms with Crippen molar-refractivity contribution in [3.8, 4) is 22.3 Å². The van der Waals surface area contributed by atoms with Gasteiger partial charge in [-0.05, 0) is 117 Å². The first-order valence-corrected chi connectivity index (χ1v) is 22.1. The van der Waals surface area contributed by atoms with E-state index >= 15 is 0 Å². The first kappa shape index (κ1) is 37.5. The third-order valence-corrected chi connectivity index (χ3v) is 12.7. The van der Waals surface area contributed by atoms with Crippen LogP contribution in [-0.4, -0.2) is 9.97 Å². The van der Waals surface area contributed by atoms with Crippen LogP contribution in [0.4, 0.5) is 34.4 Å². The summed E-state index contributed by atoms with van der Waals surface area (Å²) < 4.78 is 13.3. The highest BCUT2D eigenvalue weighted by Crippen LogP contribution is 2.50. The van der Waals surface area contributed by atoms with Crippen molar-refractivity contribution in [2.24, 2.45) is 0 Å². The summed E-state index contributed by atoms with van der Waals surface area (Å²) in [4.78, 5) is 14.3. The Hall–Kier alpha value is -9.00. The molecule has 13 rings (SSSR count). The van der Waals surface area contributed by atoms with Crippen molar-refractivity contribution in [2.75, 3.05) is 9.80 Å². The van der Waals surface area contributed by atoms with Crippen LogP contribution in [0.5, 0.6) is 0 Å². The summed E-state index contributed by atoms with van der Waals surface area (Å²) in [5.74, 6) is 1.57. The second-order valence-corrected chi connectivity index (χ2v) is 16.5. The molecular weight excluding hydrogens is 809 g/mol. The van der Waals surface area contributed by atoms with Gasteiger partial charge in [0.1, 0.15) is 22.8 Å². The molecule has 13 aromatic rings. The quantitative estimate of drug-likeness (QED) is 0.142. The topological polar surface area (TPSA) is 58.5 Å². The van der Waals surface area contributed by atoms with Crippen molar-refractivity contribution < 1.29 is 8.83 Å². The van der Waals surface area contributed by atoms with Gasteiger partial charge in [-0.2, -0.15) is 0 Å². The van der Waals surface area contributed by atoms with Crippen LogP contribution in [0.2, 0.25) is 0 Å². The number of benzene rings is 9. The molecule has 310 valence electrons. The summed E-state index contributed by atoms with van der Waals surface area (Å²) in [5, 5.41) is 8.75. The monoisotopic (exact) mass is 846 g/mol. The second kappa shape index (κ2) is 15.4. The summed E-state index contributed by atoms with van der Waals surface area (Å²) in [6.07, 6.45) is 3.69. The van der Waals surface area contributed by atoms with Crippen molar-refractivity contribution >= 4 is 99.8 Å². The Labute approximate surface area is 379 Å². The Morgan fingerprint density at radius 3 is 1.15 bits per heavy atom. The highest BCUT2D eigenvalue weighted by atomic mass is 16.3. The molecule has 0 radical (unpaired) electrons. The molecule has 0 fully saturated rings. The maximum absolute atomic E-state index is 6.67. The highest BCUT2D eigenvalue weighted by molar-refractivity contribution is 6.23. The van der Waals surface area contributed by atoms with Crippen LogP contribution in [0, 0.1) is 0 Å². The van der Waals surface area contributed by atoms with E-state index in [4.69, 9.17) is 18.8 Å². The van der Waals surface area contributed by atoms with Gasteiger partial charge in [0.05, 0.1) is 11.4 Å². The molecule has 0 atom stereocenters. The van der Waals surface area contributed by atoms with E-state index in [1.807, 2.05) is 60.9 Å². The van der Waals surface area contributed by atoms with Crippen molar-refractivity contribution in [3.05, 3.63) is 231 Å². The molecule has 4 aromatic heterocycles. The first-order chi connectivity index (χ1) is 32.8. The van der Waals surface area contributed by atoms with Gasteiger partial charge in [-0.3, -0.25) is 9.80 Å². The number of furan rings is 2. The van der Waals surface area contributed by atoms with E-state index in [0.29, 0.717) is 0 Å². The summed E-state index contributed by atoms with van der Waals surface area (Å²) in [6.45, 7) is 0. The Morgan fingerprint density at radius 2 is 0.712 bits per heavy atom. The average molecular weight is 847 g/mol. The van der Waals surface area contributed by atoms with Crippen molar-refractivity contribution in [2.45, 2.75) is 0 Å². The van der Waals surface area contributed by atoms with Gasteiger partial charge in [0, 0.05) is 45.3 Å². The predicted octanol–water partition coefficient (Wildman–Crippen LogP) is 16.9. The maximum atomic E-state index is 6.67. The van der Waals surface area contributed by atoms with E-state index in [1.165, 1.54) is 0 Å². The predicted molar refractivity (Wildman–Crippen MR) is 272 cm³/mol. The van der Waals surface area contributed by atoms with Gasteiger partial charge < -0.3 is 8.83 Å².